The van der Waals surface area contributed by atoms with Crippen LogP contribution in [0.2, 0.25) is 0 Å². The number of halogens is 1. The first-order valence-electron chi connectivity index (χ1n) is 10.8. The van der Waals surface area contributed by atoms with Crippen molar-refractivity contribution in [3.8, 4) is 11.3 Å². The molecule has 0 radical (unpaired) electrons. The summed E-state index contributed by atoms with van der Waals surface area (Å²) in [6.45, 7) is 1.64. The molecule has 1 fully saturated rings. The molecule has 1 saturated heterocycles. The fraction of sp³-hybridized carbons (Fsp3) is 0.304. The molecule has 3 heterocycles. The van der Waals surface area contributed by atoms with Gasteiger partial charge in [0.05, 0.1) is 36.2 Å². The van der Waals surface area contributed by atoms with Crippen LogP contribution in [0.5, 0.6) is 0 Å². The van der Waals surface area contributed by atoms with Crippen LogP contribution >= 0.6 is 0 Å². The summed E-state index contributed by atoms with van der Waals surface area (Å²) in [4.78, 5) is 31.7. The summed E-state index contributed by atoms with van der Waals surface area (Å²) < 4.78 is 13.3. The smallest absolute Gasteiger partial charge is 0.252 e. The molecular weight excluding hydrogens is 425 g/mol. The Kier molecular flexibility index (Phi) is 6.94. The van der Waals surface area contributed by atoms with E-state index in [9.17, 15) is 14.0 Å². The maximum Gasteiger partial charge on any atom is 0.252 e. The van der Waals surface area contributed by atoms with Crippen LogP contribution < -0.4 is 16.5 Å². The highest BCUT2D eigenvalue weighted by Gasteiger charge is 2.31. The molecule has 1 aliphatic heterocycles. The van der Waals surface area contributed by atoms with Crippen molar-refractivity contribution in [3.63, 3.8) is 0 Å². The van der Waals surface area contributed by atoms with Crippen LogP contribution in [-0.2, 0) is 11.2 Å². The minimum atomic E-state index is -0.246. The van der Waals surface area contributed by atoms with E-state index in [1.54, 1.807) is 40.3 Å². The Morgan fingerprint density at radius 3 is 2.79 bits per heavy atom. The fourth-order valence-corrected chi connectivity index (χ4v) is 3.66. The van der Waals surface area contributed by atoms with Crippen LogP contribution in [0.3, 0.4) is 0 Å². The molecule has 3 aromatic rings. The molecule has 1 atom stereocenters. The largest absolute Gasteiger partial charge is 0.350 e. The number of nitrogens with one attached hydrogen (secondary N) is 2. The molecule has 10 heteroatoms. The molecule has 0 aliphatic carbocycles. The number of nitrogens with two attached hydrogens (primary N) is 1. The number of hydrogen-bond donors (Lipinski definition) is 3. The van der Waals surface area contributed by atoms with Crippen LogP contribution in [0.1, 0.15) is 22.3 Å². The normalized spacial score (nSPS) is 15.1. The highest BCUT2D eigenvalue weighted by atomic mass is 19.1. The molecule has 2 aromatic heterocycles. The van der Waals surface area contributed by atoms with Crippen molar-refractivity contribution >= 4 is 11.8 Å². The highest BCUT2D eigenvalue weighted by Crippen LogP contribution is 2.17. The van der Waals surface area contributed by atoms with Crippen molar-refractivity contribution in [2.45, 2.75) is 18.9 Å². The number of hydrogen-bond acceptors (Lipinski definition) is 6. The first-order valence-corrected chi connectivity index (χ1v) is 10.8. The van der Waals surface area contributed by atoms with Crippen LogP contribution in [0.15, 0.2) is 55.0 Å². The van der Waals surface area contributed by atoms with E-state index in [2.05, 4.69) is 20.8 Å². The molecule has 1 aliphatic rings. The molecule has 0 saturated carbocycles. The molecule has 4 N–H and O–H groups in total. The molecule has 0 spiro atoms. The Balaban J connectivity index is 1.27. The molecule has 1 aromatic carbocycles. The van der Waals surface area contributed by atoms with Crippen LogP contribution in [0.25, 0.3) is 11.3 Å². The lowest BCUT2D eigenvalue weighted by Gasteiger charge is -2.40. The summed E-state index contributed by atoms with van der Waals surface area (Å²) in [6, 6.07) is 9.97. The van der Waals surface area contributed by atoms with Crippen molar-refractivity contribution < 1.29 is 14.0 Å². The highest BCUT2D eigenvalue weighted by molar-refractivity contribution is 5.94. The summed E-state index contributed by atoms with van der Waals surface area (Å²) in [6.07, 6.45) is 6.50. The molecule has 33 heavy (non-hydrogen) atoms. The van der Waals surface area contributed by atoms with Crippen molar-refractivity contribution in [1.29, 1.82) is 0 Å². The zero-order valence-electron chi connectivity index (χ0n) is 18.1. The third kappa shape index (κ3) is 5.53. The lowest BCUT2D eigenvalue weighted by atomic mass is 10.0. The summed E-state index contributed by atoms with van der Waals surface area (Å²) in [5.41, 5.74) is 11.4. The third-order valence-electron chi connectivity index (χ3n) is 5.62. The van der Waals surface area contributed by atoms with E-state index >= 15 is 0 Å². The summed E-state index contributed by atoms with van der Waals surface area (Å²) in [7, 11) is 0. The number of amides is 2. The van der Waals surface area contributed by atoms with Gasteiger partial charge in [0.15, 0.2) is 0 Å². The van der Waals surface area contributed by atoms with E-state index < -0.39 is 0 Å². The quantitative estimate of drug-likeness (QED) is 0.449. The lowest BCUT2D eigenvalue weighted by Crippen LogP contribution is -2.57. The molecule has 172 valence electrons. The van der Waals surface area contributed by atoms with Crippen molar-refractivity contribution in [1.82, 2.24) is 25.1 Å². The van der Waals surface area contributed by atoms with Gasteiger partial charge >= 0.3 is 0 Å². The van der Waals surface area contributed by atoms with Gasteiger partial charge in [0.25, 0.3) is 5.91 Å². The second-order valence-corrected chi connectivity index (χ2v) is 7.84. The molecule has 0 bridgehead atoms. The minimum Gasteiger partial charge on any atom is -0.350 e. The zero-order valence-corrected chi connectivity index (χ0v) is 18.1. The average Bonchev–Trinajstić information content (AvgIpc) is 3.27. The van der Waals surface area contributed by atoms with Gasteiger partial charge in [-0.05, 0) is 42.7 Å². The molecule has 4 rings (SSSR count). The van der Waals surface area contributed by atoms with Crippen molar-refractivity contribution in [2.75, 3.05) is 31.6 Å². The van der Waals surface area contributed by atoms with E-state index in [0.29, 0.717) is 37.3 Å². The van der Waals surface area contributed by atoms with E-state index in [4.69, 9.17) is 5.73 Å². The van der Waals surface area contributed by atoms with Crippen molar-refractivity contribution in [2.24, 2.45) is 5.73 Å². The van der Waals surface area contributed by atoms with Gasteiger partial charge in [0, 0.05) is 31.4 Å². The topological polar surface area (TPSA) is 118 Å². The maximum absolute atomic E-state index is 13.3. The average molecular weight is 452 g/mol. The van der Waals surface area contributed by atoms with E-state index in [-0.39, 0.29) is 30.2 Å². The molecule has 9 nitrogen and oxygen atoms in total. The number of benzene rings is 1. The maximum atomic E-state index is 13.3. The van der Waals surface area contributed by atoms with Crippen LogP contribution in [-0.4, -0.2) is 63.8 Å². The van der Waals surface area contributed by atoms with Gasteiger partial charge in [-0.3, -0.25) is 14.6 Å². The van der Waals surface area contributed by atoms with Crippen LogP contribution in [0, 0.1) is 5.82 Å². The SMILES string of the molecule is NCC(=O)N1CC[C@@H]1CNC(=O)c1ccc(-c2cnn(NCCc3cccc(F)c3)c2)nc1. The van der Waals surface area contributed by atoms with Gasteiger partial charge in [-0.1, -0.05) is 12.1 Å². The molecule has 2 amide bonds. The first-order chi connectivity index (χ1) is 16.0. The lowest BCUT2D eigenvalue weighted by molar-refractivity contribution is -0.137. The van der Waals surface area contributed by atoms with E-state index in [1.807, 2.05) is 6.07 Å². The molecular formula is C23H26FN7O2. The van der Waals surface area contributed by atoms with Gasteiger partial charge < -0.3 is 21.4 Å². The number of aromatic nitrogens is 3. The number of carbonyl (C=O) groups is 2. The van der Waals surface area contributed by atoms with Gasteiger partial charge in [0.1, 0.15) is 5.82 Å². The second-order valence-electron chi connectivity index (χ2n) is 7.84. The number of likely N-dealkylation sites (tertiary alicyclic amines) is 1. The number of rotatable bonds is 9. The summed E-state index contributed by atoms with van der Waals surface area (Å²) in [5.74, 6) is -0.588. The number of nitrogens with zero attached hydrogens (tertiary/aromatic N) is 4. The Morgan fingerprint density at radius 2 is 2.09 bits per heavy atom. The summed E-state index contributed by atoms with van der Waals surface area (Å²) in [5, 5.41) is 7.11. The third-order valence-corrected chi connectivity index (χ3v) is 5.62. The van der Waals surface area contributed by atoms with Gasteiger partial charge in [0.2, 0.25) is 5.91 Å². The Labute approximate surface area is 190 Å². The van der Waals surface area contributed by atoms with Crippen LogP contribution in [0.4, 0.5) is 4.39 Å². The predicted molar refractivity (Wildman–Crippen MR) is 121 cm³/mol. The van der Waals surface area contributed by atoms with Crippen molar-refractivity contribution in [3.05, 3.63) is 71.9 Å². The standard InChI is InChI=1S/C23H26FN7O2/c24-19-3-1-2-16(10-19)6-8-28-31-15-18(13-29-31)21-5-4-17(12-26-21)23(33)27-14-20-7-9-30(20)22(32)11-25/h1-5,10,12-13,15,20,28H,6-9,11,14,25H2,(H,27,33)/t20-/m1/s1. The Morgan fingerprint density at radius 1 is 1.21 bits per heavy atom. The second kappa shape index (κ2) is 10.2. The zero-order chi connectivity index (χ0) is 23.2. The van der Waals surface area contributed by atoms with E-state index in [1.165, 1.54) is 18.3 Å². The van der Waals surface area contributed by atoms with Gasteiger partial charge in [-0.25, -0.2) is 4.39 Å². The predicted octanol–water partition coefficient (Wildman–Crippen LogP) is 1.16. The fourth-order valence-electron chi connectivity index (χ4n) is 3.66. The monoisotopic (exact) mass is 451 g/mol. The Hall–Kier alpha value is -3.79. The first kappa shape index (κ1) is 22.4. The molecule has 0 unspecified atom stereocenters. The Bertz CT molecular complexity index is 1120. The number of pyridine rings is 1. The van der Waals surface area contributed by atoms with Gasteiger partial charge in [-0.2, -0.15) is 9.89 Å². The van der Waals surface area contributed by atoms with Gasteiger partial charge in [-0.15, -0.1) is 0 Å². The summed E-state index contributed by atoms with van der Waals surface area (Å²) >= 11 is 0. The minimum absolute atomic E-state index is 0.00325. The van der Waals surface area contributed by atoms with E-state index in [0.717, 1.165) is 17.5 Å². The number of carbonyl (C=O) groups excluding carboxylic acids is 2.